The molecule has 0 aliphatic carbocycles. The summed E-state index contributed by atoms with van der Waals surface area (Å²) in [6.07, 6.45) is 3.44. The number of ether oxygens (including phenoxy) is 2. The van der Waals surface area contributed by atoms with E-state index in [1.165, 1.54) is 25.0 Å². The summed E-state index contributed by atoms with van der Waals surface area (Å²) in [6, 6.07) is 20.3. The number of esters is 1. The number of hydrogen-bond acceptors (Lipinski definition) is 4. The van der Waals surface area contributed by atoms with Gasteiger partial charge in [-0.15, -0.1) is 0 Å². The number of nitriles is 1. The van der Waals surface area contributed by atoms with Crippen molar-refractivity contribution in [2.24, 2.45) is 5.92 Å². The van der Waals surface area contributed by atoms with Crippen LogP contribution in [0.2, 0.25) is 0 Å². The van der Waals surface area contributed by atoms with Gasteiger partial charge in [-0.25, -0.2) is 9.18 Å². The first-order valence-electron chi connectivity index (χ1n) is 10.7. The molecule has 0 fully saturated rings. The fraction of sp³-hybridized carbons (Fsp3) is 0.259. The Labute approximate surface area is 188 Å². The Morgan fingerprint density at radius 3 is 2.16 bits per heavy atom. The van der Waals surface area contributed by atoms with Crippen LogP contribution < -0.4 is 9.47 Å². The van der Waals surface area contributed by atoms with E-state index >= 15 is 0 Å². The lowest BCUT2D eigenvalue weighted by molar-refractivity contribution is 0.0734. The molecule has 0 aliphatic heterocycles. The topological polar surface area (TPSA) is 59.3 Å². The number of nitrogens with zero attached hydrogens (tertiary/aromatic N) is 1. The van der Waals surface area contributed by atoms with Gasteiger partial charge < -0.3 is 9.47 Å². The first-order chi connectivity index (χ1) is 15.5. The van der Waals surface area contributed by atoms with Crippen molar-refractivity contribution in [3.8, 4) is 28.7 Å². The second-order valence-electron chi connectivity index (χ2n) is 7.98. The lowest BCUT2D eigenvalue weighted by Gasteiger charge is -2.09. The average Bonchev–Trinajstić information content (AvgIpc) is 2.79. The summed E-state index contributed by atoms with van der Waals surface area (Å²) >= 11 is 0. The summed E-state index contributed by atoms with van der Waals surface area (Å²) in [4.78, 5) is 12.3. The summed E-state index contributed by atoms with van der Waals surface area (Å²) in [7, 11) is 0. The van der Waals surface area contributed by atoms with Crippen molar-refractivity contribution in [2.75, 3.05) is 6.61 Å². The normalized spacial score (nSPS) is 10.6. The predicted octanol–water partition coefficient (Wildman–Crippen LogP) is 6.79. The molecule has 0 amide bonds. The van der Waals surface area contributed by atoms with E-state index in [1.807, 2.05) is 36.4 Å². The van der Waals surface area contributed by atoms with Gasteiger partial charge in [-0.2, -0.15) is 5.26 Å². The number of halogens is 1. The molecule has 0 saturated heterocycles. The van der Waals surface area contributed by atoms with Crippen LogP contribution in [0.25, 0.3) is 11.1 Å². The van der Waals surface area contributed by atoms with E-state index in [-0.39, 0.29) is 11.3 Å². The van der Waals surface area contributed by atoms with Crippen LogP contribution >= 0.6 is 0 Å². The zero-order valence-electron chi connectivity index (χ0n) is 18.3. The smallest absolute Gasteiger partial charge is 0.343 e. The van der Waals surface area contributed by atoms with Gasteiger partial charge >= 0.3 is 5.97 Å². The molecule has 32 heavy (non-hydrogen) atoms. The number of unbranched alkanes of at least 4 members (excludes halogenated alkanes) is 1. The van der Waals surface area contributed by atoms with E-state index < -0.39 is 11.8 Å². The molecule has 0 heterocycles. The third kappa shape index (κ3) is 6.42. The molecular formula is C27H26FNO3. The number of rotatable bonds is 9. The van der Waals surface area contributed by atoms with Crippen molar-refractivity contribution in [3.05, 3.63) is 83.7 Å². The largest absolute Gasteiger partial charge is 0.494 e. The monoisotopic (exact) mass is 431 g/mol. The van der Waals surface area contributed by atoms with Crippen LogP contribution in [0.3, 0.4) is 0 Å². The standard InChI is InChI=1S/C27H26FNO3/c1-19(2)5-3-4-16-31-24-13-10-21(11-14-24)20-6-8-22(9-7-20)27(30)32-25-15-12-23(18-29)26(28)17-25/h6-15,17,19H,3-5,16H2,1-2H3. The molecule has 3 rings (SSSR count). The molecule has 3 aromatic carbocycles. The van der Waals surface area contributed by atoms with Gasteiger partial charge in [-0.3, -0.25) is 0 Å². The van der Waals surface area contributed by atoms with Gasteiger partial charge in [0.1, 0.15) is 23.4 Å². The van der Waals surface area contributed by atoms with E-state index in [2.05, 4.69) is 13.8 Å². The summed E-state index contributed by atoms with van der Waals surface area (Å²) < 4.78 is 24.7. The van der Waals surface area contributed by atoms with Gasteiger partial charge in [0.2, 0.25) is 0 Å². The maximum absolute atomic E-state index is 13.7. The predicted molar refractivity (Wildman–Crippen MR) is 122 cm³/mol. The molecule has 164 valence electrons. The molecule has 0 unspecified atom stereocenters. The SMILES string of the molecule is CC(C)CCCCOc1ccc(-c2ccc(C(=O)Oc3ccc(C#N)c(F)c3)cc2)cc1. The van der Waals surface area contributed by atoms with Crippen molar-refractivity contribution in [2.45, 2.75) is 33.1 Å². The quantitative estimate of drug-likeness (QED) is 0.213. The fourth-order valence-corrected chi connectivity index (χ4v) is 3.20. The molecule has 0 spiro atoms. The summed E-state index contributed by atoms with van der Waals surface area (Å²) in [6.45, 7) is 5.17. The highest BCUT2D eigenvalue weighted by atomic mass is 19.1. The van der Waals surface area contributed by atoms with Crippen LogP contribution in [-0.4, -0.2) is 12.6 Å². The van der Waals surface area contributed by atoms with Crippen LogP contribution in [-0.2, 0) is 0 Å². The minimum atomic E-state index is -0.726. The lowest BCUT2D eigenvalue weighted by atomic mass is 10.0. The third-order valence-corrected chi connectivity index (χ3v) is 5.02. The number of benzene rings is 3. The molecule has 0 saturated carbocycles. The fourth-order valence-electron chi connectivity index (χ4n) is 3.20. The van der Waals surface area contributed by atoms with E-state index in [4.69, 9.17) is 14.7 Å². The highest BCUT2D eigenvalue weighted by Crippen LogP contribution is 2.24. The summed E-state index contributed by atoms with van der Waals surface area (Å²) in [5.74, 6) is 0.294. The van der Waals surface area contributed by atoms with Crippen molar-refractivity contribution >= 4 is 5.97 Å². The van der Waals surface area contributed by atoms with Crippen LogP contribution in [0.4, 0.5) is 4.39 Å². The van der Waals surface area contributed by atoms with Crippen LogP contribution in [0.15, 0.2) is 66.7 Å². The van der Waals surface area contributed by atoms with Crippen LogP contribution in [0.1, 0.15) is 49.0 Å². The molecular weight excluding hydrogens is 405 g/mol. The van der Waals surface area contributed by atoms with Crippen molar-refractivity contribution < 1.29 is 18.7 Å². The minimum absolute atomic E-state index is 0.0513. The summed E-state index contributed by atoms with van der Waals surface area (Å²) in [5.41, 5.74) is 2.21. The molecule has 0 aromatic heterocycles. The molecule has 5 heteroatoms. The van der Waals surface area contributed by atoms with Gasteiger partial charge in [-0.05, 0) is 66.3 Å². The summed E-state index contributed by atoms with van der Waals surface area (Å²) in [5, 5.41) is 8.77. The molecule has 0 aliphatic rings. The van der Waals surface area contributed by atoms with E-state index in [9.17, 15) is 9.18 Å². The lowest BCUT2D eigenvalue weighted by Crippen LogP contribution is -2.08. The highest BCUT2D eigenvalue weighted by molar-refractivity contribution is 5.91. The number of carbonyl (C=O) groups is 1. The molecule has 0 N–H and O–H groups in total. The van der Waals surface area contributed by atoms with Crippen molar-refractivity contribution in [3.63, 3.8) is 0 Å². The minimum Gasteiger partial charge on any atom is -0.494 e. The molecule has 0 radical (unpaired) electrons. The highest BCUT2D eigenvalue weighted by Gasteiger charge is 2.11. The maximum Gasteiger partial charge on any atom is 0.343 e. The Balaban J connectivity index is 1.56. The van der Waals surface area contributed by atoms with Gasteiger partial charge in [0.25, 0.3) is 0 Å². The Morgan fingerprint density at radius 2 is 1.56 bits per heavy atom. The van der Waals surface area contributed by atoms with Gasteiger partial charge in [0.15, 0.2) is 0 Å². The number of carbonyl (C=O) groups excluding carboxylic acids is 1. The molecule has 3 aromatic rings. The van der Waals surface area contributed by atoms with Crippen molar-refractivity contribution in [1.29, 1.82) is 5.26 Å². The van der Waals surface area contributed by atoms with E-state index in [1.54, 1.807) is 18.2 Å². The van der Waals surface area contributed by atoms with Crippen molar-refractivity contribution in [1.82, 2.24) is 0 Å². The molecule has 0 atom stereocenters. The van der Waals surface area contributed by atoms with Gasteiger partial charge in [-0.1, -0.05) is 44.5 Å². The average molecular weight is 432 g/mol. The first kappa shape index (κ1) is 23.0. The Kier molecular flexibility index (Phi) is 7.99. The first-order valence-corrected chi connectivity index (χ1v) is 10.7. The Hall–Kier alpha value is -3.65. The Bertz CT molecular complexity index is 1080. The Morgan fingerprint density at radius 1 is 0.938 bits per heavy atom. The van der Waals surface area contributed by atoms with Gasteiger partial charge in [0, 0.05) is 6.07 Å². The van der Waals surface area contributed by atoms with Crippen LogP contribution in [0, 0.1) is 23.1 Å². The zero-order valence-corrected chi connectivity index (χ0v) is 18.3. The zero-order chi connectivity index (χ0) is 22.9. The van der Waals surface area contributed by atoms with Crippen LogP contribution in [0.5, 0.6) is 11.5 Å². The van der Waals surface area contributed by atoms with Gasteiger partial charge in [0.05, 0.1) is 17.7 Å². The molecule has 4 nitrogen and oxygen atoms in total. The third-order valence-electron chi connectivity index (χ3n) is 5.02. The maximum atomic E-state index is 13.7. The molecule has 0 bridgehead atoms. The van der Waals surface area contributed by atoms with E-state index in [0.717, 1.165) is 35.3 Å². The van der Waals surface area contributed by atoms with E-state index in [0.29, 0.717) is 12.2 Å². The number of hydrogen-bond donors (Lipinski definition) is 0. The second-order valence-corrected chi connectivity index (χ2v) is 7.98. The second kappa shape index (κ2) is 11.1.